The molecule has 2 aliphatic heterocycles. The second kappa shape index (κ2) is 10.7. The maximum atomic E-state index is 13.5. The molecule has 2 aromatic rings. The lowest BCUT2D eigenvalue weighted by Gasteiger charge is -2.28. The lowest BCUT2D eigenvalue weighted by atomic mass is 9.83. The van der Waals surface area contributed by atoms with Gasteiger partial charge in [0, 0.05) is 75.4 Å². The second-order valence-corrected chi connectivity index (χ2v) is 8.96. The van der Waals surface area contributed by atoms with Gasteiger partial charge < -0.3 is 25.3 Å². The average molecular weight is 482 g/mol. The Bertz CT molecular complexity index is 1100. The van der Waals surface area contributed by atoms with Crippen molar-refractivity contribution >= 4 is 22.9 Å². The average Bonchev–Trinajstić information content (AvgIpc) is 2.89. The molecule has 0 bridgehead atoms. The zero-order valence-electron chi connectivity index (χ0n) is 19.8. The minimum Gasteiger partial charge on any atom is -0.619 e. The van der Waals surface area contributed by atoms with E-state index in [0.717, 1.165) is 65.7 Å². The van der Waals surface area contributed by atoms with Gasteiger partial charge in [-0.05, 0) is 12.1 Å². The molecule has 2 saturated heterocycles. The molecule has 2 fully saturated rings. The number of carbonyl (C=O) groups is 2. The first-order valence-electron chi connectivity index (χ1n) is 12.2. The quantitative estimate of drug-likeness (QED) is 0.353. The van der Waals surface area contributed by atoms with Crippen molar-refractivity contribution in [2.75, 3.05) is 89.4 Å². The van der Waals surface area contributed by atoms with Gasteiger partial charge in [-0.3, -0.25) is 19.4 Å². The number of morpholine rings is 2. The zero-order valence-corrected chi connectivity index (χ0v) is 19.8. The SMILES string of the molecule is O=C1c2cc[n+]([O-])cc2C(=O)c2c(NCCN3CCOCC3)ccc(NCCN3CCOCC3)c21. The van der Waals surface area contributed by atoms with Crippen molar-refractivity contribution in [3.63, 3.8) is 0 Å². The molecule has 186 valence electrons. The highest BCUT2D eigenvalue weighted by Gasteiger charge is 2.35. The molecule has 1 aliphatic carbocycles. The van der Waals surface area contributed by atoms with Gasteiger partial charge in [-0.2, -0.15) is 4.73 Å². The summed E-state index contributed by atoms with van der Waals surface area (Å²) >= 11 is 0. The summed E-state index contributed by atoms with van der Waals surface area (Å²) in [5.74, 6) is -0.564. The van der Waals surface area contributed by atoms with Crippen LogP contribution in [0.2, 0.25) is 0 Å². The largest absolute Gasteiger partial charge is 0.619 e. The Morgan fingerprint density at radius 1 is 0.771 bits per heavy atom. The summed E-state index contributed by atoms with van der Waals surface area (Å²) < 4.78 is 11.4. The number of rotatable bonds is 8. The standard InChI is InChI=1S/C25H31N5O5/c31-24-18-3-6-30(33)17-19(18)25(32)23-21(27-5-8-29-11-15-35-16-12-29)2-1-20(22(23)24)26-4-7-28-9-13-34-14-10-28/h1-3,6,17,26-27H,4-5,7-16H2. The van der Waals surface area contributed by atoms with Crippen LogP contribution >= 0.6 is 0 Å². The molecule has 10 nitrogen and oxygen atoms in total. The lowest BCUT2D eigenvalue weighted by molar-refractivity contribution is -0.605. The first-order chi connectivity index (χ1) is 17.1. The van der Waals surface area contributed by atoms with Crippen molar-refractivity contribution in [1.29, 1.82) is 0 Å². The number of pyridine rings is 1. The molecule has 0 saturated carbocycles. The number of hydrogen-bond donors (Lipinski definition) is 2. The van der Waals surface area contributed by atoms with Crippen LogP contribution in [0.25, 0.3) is 0 Å². The Morgan fingerprint density at radius 2 is 1.26 bits per heavy atom. The van der Waals surface area contributed by atoms with E-state index >= 15 is 0 Å². The van der Waals surface area contributed by atoms with E-state index in [1.165, 1.54) is 18.5 Å². The van der Waals surface area contributed by atoms with Crippen LogP contribution in [0.1, 0.15) is 31.8 Å². The van der Waals surface area contributed by atoms with E-state index in [0.29, 0.717) is 40.3 Å². The molecule has 0 amide bonds. The van der Waals surface area contributed by atoms with E-state index in [1.807, 2.05) is 12.1 Å². The smallest absolute Gasteiger partial charge is 0.202 e. The van der Waals surface area contributed by atoms with Gasteiger partial charge in [0.05, 0.1) is 43.1 Å². The van der Waals surface area contributed by atoms with E-state index in [9.17, 15) is 14.8 Å². The first-order valence-corrected chi connectivity index (χ1v) is 12.2. The van der Waals surface area contributed by atoms with Gasteiger partial charge in [-0.1, -0.05) is 0 Å². The van der Waals surface area contributed by atoms with Crippen molar-refractivity contribution in [3.8, 4) is 0 Å². The van der Waals surface area contributed by atoms with Gasteiger partial charge in [0.2, 0.25) is 5.78 Å². The molecule has 35 heavy (non-hydrogen) atoms. The van der Waals surface area contributed by atoms with E-state index in [4.69, 9.17) is 9.47 Å². The van der Waals surface area contributed by atoms with Crippen LogP contribution in [0.5, 0.6) is 0 Å². The summed E-state index contributed by atoms with van der Waals surface area (Å²) in [5, 5.41) is 18.6. The normalized spacial score (nSPS) is 18.7. The maximum Gasteiger partial charge on any atom is 0.202 e. The van der Waals surface area contributed by atoms with Gasteiger partial charge in [-0.15, -0.1) is 0 Å². The summed E-state index contributed by atoms with van der Waals surface area (Å²) in [6.45, 7) is 9.29. The van der Waals surface area contributed by atoms with Crippen LogP contribution < -0.4 is 15.4 Å². The fourth-order valence-electron chi connectivity index (χ4n) is 4.84. The summed E-state index contributed by atoms with van der Waals surface area (Å²) in [4.78, 5) is 31.7. The Balaban J connectivity index is 1.39. The maximum absolute atomic E-state index is 13.5. The highest BCUT2D eigenvalue weighted by atomic mass is 16.5. The number of benzene rings is 1. The molecule has 0 spiro atoms. The predicted octanol–water partition coefficient (Wildman–Crippen LogP) is 0.584. The molecule has 0 unspecified atom stereocenters. The number of nitrogens with zero attached hydrogens (tertiary/aromatic N) is 3. The minimum atomic E-state index is -0.314. The molecule has 10 heteroatoms. The number of fused-ring (bicyclic) bond motifs is 2. The number of nitrogens with one attached hydrogen (secondary N) is 2. The molecule has 3 heterocycles. The highest BCUT2D eigenvalue weighted by Crippen LogP contribution is 2.36. The van der Waals surface area contributed by atoms with Crippen LogP contribution in [0.4, 0.5) is 11.4 Å². The summed E-state index contributed by atoms with van der Waals surface area (Å²) in [7, 11) is 0. The number of hydrogen-bond acceptors (Lipinski definition) is 9. The molecule has 3 aliphatic rings. The fraction of sp³-hybridized carbons (Fsp3) is 0.480. The van der Waals surface area contributed by atoms with Gasteiger partial charge in [-0.25, -0.2) is 0 Å². The molecule has 0 radical (unpaired) electrons. The van der Waals surface area contributed by atoms with Gasteiger partial charge in [0.15, 0.2) is 18.2 Å². The van der Waals surface area contributed by atoms with E-state index in [2.05, 4.69) is 20.4 Å². The van der Waals surface area contributed by atoms with Crippen molar-refractivity contribution < 1.29 is 23.8 Å². The van der Waals surface area contributed by atoms with Crippen molar-refractivity contribution in [3.05, 3.63) is 58.1 Å². The van der Waals surface area contributed by atoms with Crippen LogP contribution in [0, 0.1) is 5.21 Å². The van der Waals surface area contributed by atoms with Crippen LogP contribution in [0.3, 0.4) is 0 Å². The number of carbonyl (C=O) groups excluding carboxylic acids is 2. The number of ketones is 2. The predicted molar refractivity (Wildman–Crippen MR) is 130 cm³/mol. The topological polar surface area (TPSA) is 110 Å². The van der Waals surface area contributed by atoms with E-state index in [1.54, 1.807) is 0 Å². The molecule has 1 aromatic carbocycles. The van der Waals surface area contributed by atoms with Crippen LogP contribution in [-0.2, 0) is 9.47 Å². The summed E-state index contributed by atoms with van der Waals surface area (Å²) in [5.41, 5.74) is 2.33. The monoisotopic (exact) mass is 481 g/mol. The van der Waals surface area contributed by atoms with E-state index in [-0.39, 0.29) is 22.7 Å². The summed E-state index contributed by atoms with van der Waals surface area (Å²) in [6, 6.07) is 5.14. The first kappa shape index (κ1) is 23.7. The second-order valence-electron chi connectivity index (χ2n) is 8.96. The fourth-order valence-corrected chi connectivity index (χ4v) is 4.84. The summed E-state index contributed by atoms with van der Waals surface area (Å²) in [6.07, 6.45) is 2.44. The molecule has 1 aromatic heterocycles. The van der Waals surface area contributed by atoms with Gasteiger partial charge in [0.1, 0.15) is 0 Å². The highest BCUT2D eigenvalue weighted by molar-refractivity contribution is 6.31. The Hall–Kier alpha value is -3.05. The third-order valence-electron chi connectivity index (χ3n) is 6.78. The number of anilines is 2. The van der Waals surface area contributed by atoms with Crippen LogP contribution in [-0.4, -0.2) is 100 Å². The molecular weight excluding hydrogens is 450 g/mol. The van der Waals surface area contributed by atoms with Gasteiger partial charge in [0.25, 0.3) is 0 Å². The Kier molecular flexibility index (Phi) is 7.24. The van der Waals surface area contributed by atoms with Crippen molar-refractivity contribution in [1.82, 2.24) is 9.80 Å². The van der Waals surface area contributed by atoms with Crippen LogP contribution in [0.15, 0.2) is 30.6 Å². The molecule has 2 N–H and O–H groups in total. The third-order valence-corrected chi connectivity index (χ3v) is 6.78. The Morgan fingerprint density at radius 3 is 1.77 bits per heavy atom. The molecule has 5 rings (SSSR count). The van der Waals surface area contributed by atoms with Gasteiger partial charge >= 0.3 is 0 Å². The molecular formula is C25H31N5O5. The third kappa shape index (κ3) is 5.15. The number of aromatic nitrogens is 1. The lowest BCUT2D eigenvalue weighted by Crippen LogP contribution is -2.39. The number of ether oxygens (including phenoxy) is 2. The minimum absolute atomic E-state index is 0.140. The van der Waals surface area contributed by atoms with Crippen molar-refractivity contribution in [2.45, 2.75) is 0 Å². The van der Waals surface area contributed by atoms with E-state index < -0.39 is 0 Å². The van der Waals surface area contributed by atoms with Crippen molar-refractivity contribution in [2.24, 2.45) is 0 Å². The zero-order chi connectivity index (χ0) is 24.2. The molecule has 0 atom stereocenters. The Labute approximate surface area is 204 Å².